The number of nitriles is 1. The van der Waals surface area contributed by atoms with Crippen LogP contribution in [0.4, 0.5) is 5.69 Å². The smallest absolute Gasteiger partial charge is 0.129 e. The summed E-state index contributed by atoms with van der Waals surface area (Å²) in [6, 6.07) is 16.0. The second kappa shape index (κ2) is 6.77. The van der Waals surface area contributed by atoms with Gasteiger partial charge in [-0.05, 0) is 23.8 Å². The monoisotopic (exact) mass is 271 g/mol. The number of anilines is 1. The van der Waals surface area contributed by atoms with E-state index in [2.05, 4.69) is 16.0 Å². The van der Waals surface area contributed by atoms with Crippen LogP contribution in [0.5, 0.6) is 0 Å². The van der Waals surface area contributed by atoms with Gasteiger partial charge in [-0.25, -0.2) is 4.98 Å². The van der Waals surface area contributed by atoms with E-state index in [1.165, 1.54) is 0 Å². The topological polar surface area (TPSA) is 39.9 Å². The standard InChI is InChI=1S/C15H14ClN3/c16-15-8-7-13(11-18-15)12-19(10-4-9-17)14-5-2-1-3-6-14/h1-3,5-8,11H,4,10,12H2. The van der Waals surface area contributed by atoms with Crippen molar-refractivity contribution in [2.75, 3.05) is 11.4 Å². The summed E-state index contributed by atoms with van der Waals surface area (Å²) in [6.45, 7) is 1.42. The molecule has 1 heterocycles. The predicted molar refractivity (Wildman–Crippen MR) is 77.0 cm³/mol. The first-order valence-corrected chi connectivity index (χ1v) is 6.45. The third-order valence-electron chi connectivity index (χ3n) is 2.78. The first-order valence-electron chi connectivity index (χ1n) is 6.07. The van der Waals surface area contributed by atoms with E-state index in [1.807, 2.05) is 36.4 Å². The van der Waals surface area contributed by atoms with E-state index in [4.69, 9.17) is 16.9 Å². The van der Waals surface area contributed by atoms with E-state index < -0.39 is 0 Å². The highest BCUT2D eigenvalue weighted by atomic mass is 35.5. The second-order valence-electron chi connectivity index (χ2n) is 4.15. The molecule has 3 nitrogen and oxygen atoms in total. The summed E-state index contributed by atoms with van der Waals surface area (Å²) in [5.74, 6) is 0. The molecule has 19 heavy (non-hydrogen) atoms. The summed E-state index contributed by atoms with van der Waals surface area (Å²) in [5, 5.41) is 9.25. The van der Waals surface area contributed by atoms with Gasteiger partial charge in [-0.2, -0.15) is 5.26 Å². The molecule has 0 saturated heterocycles. The van der Waals surface area contributed by atoms with E-state index in [-0.39, 0.29) is 0 Å². The van der Waals surface area contributed by atoms with E-state index in [9.17, 15) is 0 Å². The van der Waals surface area contributed by atoms with Gasteiger partial charge in [-0.3, -0.25) is 0 Å². The highest BCUT2D eigenvalue weighted by molar-refractivity contribution is 6.29. The van der Waals surface area contributed by atoms with Gasteiger partial charge in [0.2, 0.25) is 0 Å². The Bertz CT molecular complexity index is 546. The SMILES string of the molecule is N#CCCN(Cc1ccc(Cl)nc1)c1ccccc1. The van der Waals surface area contributed by atoms with Crippen molar-refractivity contribution < 1.29 is 0 Å². The lowest BCUT2D eigenvalue weighted by Gasteiger charge is -2.23. The Morgan fingerprint density at radius 2 is 1.95 bits per heavy atom. The molecule has 0 aliphatic heterocycles. The number of pyridine rings is 1. The van der Waals surface area contributed by atoms with Crippen molar-refractivity contribution in [1.82, 2.24) is 4.98 Å². The van der Waals surface area contributed by atoms with Crippen LogP contribution in [0.2, 0.25) is 5.15 Å². The fourth-order valence-electron chi connectivity index (χ4n) is 1.84. The number of hydrogen-bond acceptors (Lipinski definition) is 3. The number of benzene rings is 1. The molecule has 0 atom stereocenters. The number of para-hydroxylation sites is 1. The molecule has 1 aromatic carbocycles. The first-order chi connectivity index (χ1) is 9.29. The van der Waals surface area contributed by atoms with Crippen LogP contribution in [0, 0.1) is 11.3 Å². The molecule has 0 spiro atoms. The van der Waals surface area contributed by atoms with Gasteiger partial charge >= 0.3 is 0 Å². The van der Waals surface area contributed by atoms with Gasteiger partial charge in [-0.15, -0.1) is 0 Å². The van der Waals surface area contributed by atoms with Gasteiger partial charge < -0.3 is 4.90 Å². The quantitative estimate of drug-likeness (QED) is 0.779. The molecule has 0 fully saturated rings. The normalized spacial score (nSPS) is 9.89. The Balaban J connectivity index is 2.14. The molecule has 2 rings (SSSR count). The summed E-state index contributed by atoms with van der Waals surface area (Å²) in [6.07, 6.45) is 2.26. The molecule has 0 saturated carbocycles. The Morgan fingerprint density at radius 1 is 1.16 bits per heavy atom. The minimum atomic E-state index is 0.493. The van der Waals surface area contributed by atoms with E-state index in [1.54, 1.807) is 12.3 Å². The summed E-state index contributed by atoms with van der Waals surface area (Å²) in [7, 11) is 0. The van der Waals surface area contributed by atoms with Crippen LogP contribution in [-0.2, 0) is 6.54 Å². The van der Waals surface area contributed by atoms with Crippen molar-refractivity contribution >= 4 is 17.3 Å². The van der Waals surface area contributed by atoms with E-state index >= 15 is 0 Å². The average Bonchev–Trinajstić information content (AvgIpc) is 2.46. The number of aromatic nitrogens is 1. The van der Waals surface area contributed by atoms with Crippen LogP contribution in [0.3, 0.4) is 0 Å². The van der Waals surface area contributed by atoms with Crippen molar-refractivity contribution in [3.05, 3.63) is 59.4 Å². The van der Waals surface area contributed by atoms with Gasteiger partial charge in [0.15, 0.2) is 0 Å². The maximum atomic E-state index is 8.76. The van der Waals surface area contributed by atoms with Gasteiger partial charge in [0, 0.05) is 25.0 Å². The molecule has 0 N–H and O–H groups in total. The van der Waals surface area contributed by atoms with Gasteiger partial charge in [-0.1, -0.05) is 35.9 Å². The Hall–Kier alpha value is -2.05. The zero-order valence-electron chi connectivity index (χ0n) is 10.5. The molecule has 0 bridgehead atoms. The lowest BCUT2D eigenvalue weighted by atomic mass is 10.2. The van der Waals surface area contributed by atoms with Crippen LogP contribution in [0.25, 0.3) is 0 Å². The minimum absolute atomic E-state index is 0.493. The number of hydrogen-bond donors (Lipinski definition) is 0. The van der Waals surface area contributed by atoms with Crippen LogP contribution < -0.4 is 4.90 Å². The maximum absolute atomic E-state index is 8.76. The third kappa shape index (κ3) is 3.97. The third-order valence-corrected chi connectivity index (χ3v) is 3.00. The molecule has 0 unspecified atom stereocenters. The lowest BCUT2D eigenvalue weighted by Crippen LogP contribution is -2.23. The van der Waals surface area contributed by atoms with Crippen molar-refractivity contribution in [2.24, 2.45) is 0 Å². The molecular formula is C15H14ClN3. The molecule has 2 aromatic rings. The summed E-state index contributed by atoms with van der Waals surface area (Å²) in [5.41, 5.74) is 2.18. The molecule has 96 valence electrons. The van der Waals surface area contributed by atoms with Crippen molar-refractivity contribution in [3.63, 3.8) is 0 Å². The number of nitrogens with zero attached hydrogens (tertiary/aromatic N) is 3. The van der Waals surface area contributed by atoms with Crippen LogP contribution in [0.1, 0.15) is 12.0 Å². The van der Waals surface area contributed by atoms with E-state index in [0.29, 0.717) is 18.1 Å². The van der Waals surface area contributed by atoms with E-state index in [0.717, 1.165) is 17.8 Å². The Labute approximate surface area is 118 Å². The zero-order chi connectivity index (χ0) is 13.5. The molecule has 0 aliphatic rings. The first kappa shape index (κ1) is 13.4. The average molecular weight is 272 g/mol. The highest BCUT2D eigenvalue weighted by Gasteiger charge is 2.07. The highest BCUT2D eigenvalue weighted by Crippen LogP contribution is 2.17. The van der Waals surface area contributed by atoms with Crippen LogP contribution in [0.15, 0.2) is 48.7 Å². The molecule has 4 heteroatoms. The summed E-state index contributed by atoms with van der Waals surface area (Å²) < 4.78 is 0. The van der Waals surface area contributed by atoms with Gasteiger partial charge in [0.05, 0.1) is 12.5 Å². The number of rotatable bonds is 5. The molecule has 1 aromatic heterocycles. The van der Waals surface area contributed by atoms with Crippen molar-refractivity contribution in [2.45, 2.75) is 13.0 Å². The van der Waals surface area contributed by atoms with Crippen LogP contribution >= 0.6 is 11.6 Å². The minimum Gasteiger partial charge on any atom is -0.366 e. The fraction of sp³-hybridized carbons (Fsp3) is 0.200. The Kier molecular flexibility index (Phi) is 4.77. The molecular weight excluding hydrogens is 258 g/mol. The predicted octanol–water partition coefficient (Wildman–Crippen LogP) is 3.66. The summed E-state index contributed by atoms with van der Waals surface area (Å²) in [4.78, 5) is 6.24. The van der Waals surface area contributed by atoms with Gasteiger partial charge in [0.1, 0.15) is 5.15 Å². The lowest BCUT2D eigenvalue weighted by molar-refractivity contribution is 0.795. The maximum Gasteiger partial charge on any atom is 0.129 e. The molecule has 0 radical (unpaired) electrons. The zero-order valence-corrected chi connectivity index (χ0v) is 11.2. The Morgan fingerprint density at radius 3 is 2.58 bits per heavy atom. The molecule has 0 aliphatic carbocycles. The second-order valence-corrected chi connectivity index (χ2v) is 4.54. The fourth-order valence-corrected chi connectivity index (χ4v) is 1.96. The number of halogens is 1. The van der Waals surface area contributed by atoms with Crippen LogP contribution in [-0.4, -0.2) is 11.5 Å². The largest absolute Gasteiger partial charge is 0.366 e. The molecule has 0 amide bonds. The van der Waals surface area contributed by atoms with Crippen molar-refractivity contribution in [3.8, 4) is 6.07 Å². The van der Waals surface area contributed by atoms with Crippen molar-refractivity contribution in [1.29, 1.82) is 5.26 Å². The van der Waals surface area contributed by atoms with Gasteiger partial charge in [0.25, 0.3) is 0 Å². The summed E-state index contributed by atoms with van der Waals surface area (Å²) >= 11 is 5.78.